The predicted molar refractivity (Wildman–Crippen MR) is 66.3 cm³/mol. The summed E-state index contributed by atoms with van der Waals surface area (Å²) < 4.78 is 46.1. The van der Waals surface area contributed by atoms with Crippen molar-refractivity contribution in [3.63, 3.8) is 0 Å². The van der Waals surface area contributed by atoms with Crippen molar-refractivity contribution in [3.05, 3.63) is 35.9 Å². The molecule has 1 aromatic carbocycles. The van der Waals surface area contributed by atoms with E-state index in [0.29, 0.717) is 0 Å². The fourth-order valence-corrected chi connectivity index (χ4v) is 5.43. The van der Waals surface area contributed by atoms with E-state index in [0.717, 1.165) is 0 Å². The molecule has 0 bridgehead atoms. The first-order valence-electron chi connectivity index (χ1n) is 5.06. The highest BCUT2D eigenvalue weighted by atomic mass is 32.3. The molecule has 0 fully saturated rings. The maximum absolute atomic E-state index is 12.2. The zero-order valence-corrected chi connectivity index (χ0v) is 11.2. The van der Waals surface area contributed by atoms with Crippen LogP contribution in [0.15, 0.2) is 35.2 Å². The van der Waals surface area contributed by atoms with Crippen LogP contribution >= 0.6 is 0 Å². The van der Waals surface area contributed by atoms with Gasteiger partial charge in [-0.25, -0.2) is 16.8 Å². The lowest BCUT2D eigenvalue weighted by molar-refractivity contribution is 0.00751. The summed E-state index contributed by atoms with van der Waals surface area (Å²) in [4.78, 5) is 2.33. The summed E-state index contributed by atoms with van der Waals surface area (Å²) in [7, 11) is -8.18. The van der Waals surface area contributed by atoms with Gasteiger partial charge in [-0.15, -0.1) is 0 Å². The molecule has 0 aliphatic heterocycles. The second-order valence-corrected chi connectivity index (χ2v) is 7.89. The van der Waals surface area contributed by atoms with Crippen molar-refractivity contribution >= 4 is 25.2 Å². The van der Waals surface area contributed by atoms with Crippen LogP contribution in [0.1, 0.15) is 13.3 Å². The lowest BCUT2D eigenvalue weighted by atomic mass is 10.4. The predicted octanol–water partition coefficient (Wildman–Crippen LogP) is 0.869. The Morgan fingerprint density at radius 2 is 1.78 bits per heavy atom. The molecule has 0 radical (unpaired) electrons. The van der Waals surface area contributed by atoms with Crippen LogP contribution in [0.25, 0.3) is 5.53 Å². The van der Waals surface area contributed by atoms with Gasteiger partial charge in [0.05, 0.1) is 4.90 Å². The van der Waals surface area contributed by atoms with Gasteiger partial charge >= 0.3 is 5.55 Å². The molecule has 0 heterocycles. The lowest BCUT2D eigenvalue weighted by Gasteiger charge is -2.12. The van der Waals surface area contributed by atoms with Crippen LogP contribution in [-0.4, -0.2) is 31.8 Å². The second kappa shape index (κ2) is 5.43. The summed E-state index contributed by atoms with van der Waals surface area (Å²) in [5.41, 5.74) is 8.53. The minimum Gasteiger partial charge on any atom is -0.361 e. The van der Waals surface area contributed by atoms with Crippen molar-refractivity contribution in [3.8, 4) is 0 Å². The number of hydrogen-bond acceptors (Lipinski definition) is 4. The Bertz CT molecular complexity index is 659. The first-order chi connectivity index (χ1) is 8.36. The van der Waals surface area contributed by atoms with Crippen molar-refractivity contribution in [1.29, 1.82) is 0 Å². The Kier molecular flexibility index (Phi) is 4.39. The highest BCUT2D eigenvalue weighted by Gasteiger charge is 2.38. The van der Waals surface area contributed by atoms with E-state index in [1.54, 1.807) is 6.07 Å². The van der Waals surface area contributed by atoms with Gasteiger partial charge in [0.25, 0.3) is 9.84 Å². The average molecular weight is 288 g/mol. The largest absolute Gasteiger partial charge is 0.371 e. The van der Waals surface area contributed by atoms with Gasteiger partial charge in [0.2, 0.25) is 0 Å². The van der Waals surface area contributed by atoms with Crippen LogP contribution in [0.5, 0.6) is 0 Å². The van der Waals surface area contributed by atoms with Crippen molar-refractivity contribution in [1.82, 2.24) is 0 Å². The van der Waals surface area contributed by atoms with Gasteiger partial charge in [-0.1, -0.05) is 25.1 Å². The summed E-state index contributed by atoms with van der Waals surface area (Å²) in [6.07, 6.45) is -0.133. The first kappa shape index (κ1) is 14.6. The fraction of sp³-hybridized carbons (Fsp3) is 0.300. The molecular weight excluding hydrogens is 276 g/mol. The maximum Gasteiger partial charge on any atom is 0.371 e. The van der Waals surface area contributed by atoms with Crippen LogP contribution in [0.3, 0.4) is 0 Å². The average Bonchev–Trinajstić information content (AvgIpc) is 2.30. The quantitative estimate of drug-likeness (QED) is 0.347. The lowest BCUT2D eigenvalue weighted by Crippen LogP contribution is -2.30. The molecular formula is C10H12N2O4S2. The fourth-order valence-electron chi connectivity index (χ4n) is 1.52. The van der Waals surface area contributed by atoms with Crippen LogP contribution in [0.2, 0.25) is 0 Å². The summed E-state index contributed by atoms with van der Waals surface area (Å²) in [5.74, 6) is 0. The van der Waals surface area contributed by atoms with Gasteiger partial charge in [-0.05, 0) is 18.6 Å². The summed E-state index contributed by atoms with van der Waals surface area (Å²) in [6.45, 7) is 1.44. The third-order valence-corrected chi connectivity index (χ3v) is 7.29. The molecule has 6 nitrogen and oxygen atoms in total. The number of rotatable bonds is 5. The Balaban J connectivity index is 3.39. The SMILES string of the molecule is CCC(S(=O)(=O)C=[N+]=[N-])S(=O)(=O)c1ccccc1. The Labute approximate surface area is 106 Å². The molecule has 0 saturated carbocycles. The Hall–Kier alpha value is -1.50. The van der Waals surface area contributed by atoms with Gasteiger partial charge < -0.3 is 5.53 Å². The Morgan fingerprint density at radius 3 is 2.22 bits per heavy atom. The number of nitrogens with zero attached hydrogens (tertiary/aromatic N) is 2. The van der Waals surface area contributed by atoms with E-state index < -0.39 is 24.3 Å². The van der Waals surface area contributed by atoms with Crippen molar-refractivity contribution in [2.24, 2.45) is 0 Å². The van der Waals surface area contributed by atoms with Crippen LogP contribution in [0.4, 0.5) is 0 Å². The van der Waals surface area contributed by atoms with E-state index in [9.17, 15) is 16.8 Å². The van der Waals surface area contributed by atoms with E-state index in [1.807, 2.05) is 0 Å². The molecule has 18 heavy (non-hydrogen) atoms. The molecule has 0 saturated heterocycles. The molecule has 1 rings (SSSR count). The molecule has 0 N–H and O–H groups in total. The smallest absolute Gasteiger partial charge is 0.361 e. The zero-order chi connectivity index (χ0) is 13.8. The molecule has 0 aromatic heterocycles. The van der Waals surface area contributed by atoms with Crippen molar-refractivity contribution in [2.45, 2.75) is 22.8 Å². The third kappa shape index (κ3) is 2.84. The van der Waals surface area contributed by atoms with Crippen LogP contribution in [0, 0.1) is 0 Å². The molecule has 98 valence electrons. The monoisotopic (exact) mass is 288 g/mol. The van der Waals surface area contributed by atoms with Gasteiger partial charge in [0, 0.05) is 0 Å². The van der Waals surface area contributed by atoms with Gasteiger partial charge in [0.15, 0.2) is 14.4 Å². The summed E-state index contributed by atoms with van der Waals surface area (Å²) in [5, 5.41) is 0. The highest BCUT2D eigenvalue weighted by molar-refractivity contribution is 8.15. The molecule has 0 spiro atoms. The van der Waals surface area contributed by atoms with Gasteiger partial charge in [-0.2, -0.15) is 4.79 Å². The van der Waals surface area contributed by atoms with Gasteiger partial charge in [-0.3, -0.25) is 0 Å². The van der Waals surface area contributed by atoms with E-state index in [-0.39, 0.29) is 16.9 Å². The third-order valence-electron chi connectivity index (χ3n) is 2.31. The van der Waals surface area contributed by atoms with E-state index in [2.05, 4.69) is 4.79 Å². The first-order valence-corrected chi connectivity index (χ1v) is 8.22. The molecule has 1 unspecified atom stereocenters. The summed E-state index contributed by atoms with van der Waals surface area (Å²) >= 11 is 0. The van der Waals surface area contributed by atoms with Crippen molar-refractivity contribution in [2.75, 3.05) is 0 Å². The van der Waals surface area contributed by atoms with E-state index in [1.165, 1.54) is 31.2 Å². The van der Waals surface area contributed by atoms with Crippen LogP contribution in [-0.2, 0) is 19.7 Å². The Morgan fingerprint density at radius 1 is 1.22 bits per heavy atom. The number of benzene rings is 1. The maximum atomic E-state index is 12.2. The zero-order valence-electron chi connectivity index (χ0n) is 9.59. The van der Waals surface area contributed by atoms with Crippen molar-refractivity contribution < 1.29 is 21.6 Å². The van der Waals surface area contributed by atoms with Gasteiger partial charge in [0.1, 0.15) is 0 Å². The molecule has 1 aromatic rings. The second-order valence-electron chi connectivity index (χ2n) is 3.51. The topological polar surface area (TPSA) is 105 Å². The molecule has 8 heteroatoms. The highest BCUT2D eigenvalue weighted by Crippen LogP contribution is 2.21. The molecule has 0 aliphatic carbocycles. The van der Waals surface area contributed by atoms with Crippen LogP contribution < -0.4 is 0 Å². The minimum absolute atomic E-state index is 0.0771. The normalized spacial score (nSPS) is 13.6. The standard InChI is InChI=1S/C10H12N2O4S2/c1-2-10(17(13,14)8-12-11)18(15,16)9-6-4-3-5-7-9/h3-8,10H,2H2,1H3. The molecule has 1 atom stereocenters. The summed E-state index contributed by atoms with van der Waals surface area (Å²) in [6, 6.07) is 7.29. The number of sulfone groups is 2. The van der Waals surface area contributed by atoms with E-state index >= 15 is 0 Å². The minimum atomic E-state index is -4.16. The number of hydrogen-bond donors (Lipinski definition) is 0. The molecule has 0 amide bonds. The molecule has 0 aliphatic rings. The van der Waals surface area contributed by atoms with E-state index in [4.69, 9.17) is 5.53 Å².